The number of carbonyl (C=O) groups is 2. The van der Waals surface area contributed by atoms with E-state index in [1.807, 2.05) is 60.7 Å². The Morgan fingerprint density at radius 3 is 1.85 bits per heavy atom. The van der Waals surface area contributed by atoms with Gasteiger partial charge in [-0.3, -0.25) is 20.4 Å². The molecule has 0 aliphatic carbocycles. The first kappa shape index (κ1) is 19.0. The number of carbonyl (C=O) groups excluding carboxylic acids is 2. The van der Waals surface area contributed by atoms with Gasteiger partial charge < -0.3 is 0 Å². The molecule has 0 bridgehead atoms. The van der Waals surface area contributed by atoms with Crippen LogP contribution in [0, 0.1) is 0 Å². The average Bonchev–Trinajstić information content (AvgIpc) is 2.70. The molecule has 3 aromatic carbocycles. The minimum absolute atomic E-state index is 0.181. The Kier molecular flexibility index (Phi) is 6.12. The van der Waals surface area contributed by atoms with E-state index >= 15 is 0 Å². The minimum atomic E-state index is -0.567. The van der Waals surface area contributed by atoms with Gasteiger partial charge in [-0.15, -0.1) is 0 Å². The van der Waals surface area contributed by atoms with E-state index in [0.29, 0.717) is 5.02 Å². The van der Waals surface area contributed by atoms with Gasteiger partial charge in [0.2, 0.25) is 5.91 Å². The second-order valence-corrected chi connectivity index (χ2v) is 6.67. The predicted octanol–water partition coefficient (Wildman–Crippen LogP) is 4.59. The van der Waals surface area contributed by atoms with Gasteiger partial charge >= 0.3 is 0 Å². The summed E-state index contributed by atoms with van der Waals surface area (Å²) >= 11 is 11.9. The fraction of sp³-hybridized carbons (Fsp3) is 0.0476. The lowest BCUT2D eigenvalue weighted by Gasteiger charge is -2.18. The van der Waals surface area contributed by atoms with Gasteiger partial charge in [0, 0.05) is 5.02 Å². The second kappa shape index (κ2) is 8.71. The van der Waals surface area contributed by atoms with Gasteiger partial charge in [0.15, 0.2) is 0 Å². The van der Waals surface area contributed by atoms with Gasteiger partial charge in [0.05, 0.1) is 16.5 Å². The van der Waals surface area contributed by atoms with Gasteiger partial charge in [0.25, 0.3) is 5.91 Å². The summed E-state index contributed by atoms with van der Waals surface area (Å²) in [4.78, 5) is 25.2. The molecule has 0 unspecified atom stereocenters. The molecule has 0 aliphatic rings. The van der Waals surface area contributed by atoms with Crippen LogP contribution in [0.15, 0.2) is 78.9 Å². The molecule has 136 valence electrons. The SMILES string of the molecule is O=C(NNC(=O)C(c1ccccc1)c1ccccc1)c1cc(Cl)ccc1Cl. The number of amides is 2. The molecule has 0 spiro atoms. The Morgan fingerprint density at radius 1 is 0.741 bits per heavy atom. The average molecular weight is 399 g/mol. The number of hydrogen-bond donors (Lipinski definition) is 2. The van der Waals surface area contributed by atoms with E-state index in [1.54, 1.807) is 6.07 Å². The van der Waals surface area contributed by atoms with Crippen molar-refractivity contribution < 1.29 is 9.59 Å². The summed E-state index contributed by atoms with van der Waals surface area (Å²) in [6.45, 7) is 0. The molecule has 0 heterocycles. The van der Waals surface area contributed by atoms with Crippen molar-refractivity contribution in [3.8, 4) is 0 Å². The standard InChI is InChI=1S/C21H16Cl2N2O2/c22-16-11-12-18(23)17(13-16)20(26)24-25-21(27)19(14-7-3-1-4-8-14)15-9-5-2-6-10-15/h1-13,19H,(H,24,26)(H,25,27). The summed E-state index contributed by atoms with van der Waals surface area (Å²) in [5.41, 5.74) is 6.70. The number of nitrogens with one attached hydrogen (secondary N) is 2. The van der Waals surface area contributed by atoms with Crippen LogP contribution in [0.5, 0.6) is 0 Å². The Labute approximate surface area is 167 Å². The second-order valence-electron chi connectivity index (χ2n) is 5.82. The molecule has 0 aromatic heterocycles. The third kappa shape index (κ3) is 4.67. The summed E-state index contributed by atoms with van der Waals surface area (Å²) in [6.07, 6.45) is 0. The van der Waals surface area contributed by atoms with E-state index in [4.69, 9.17) is 23.2 Å². The van der Waals surface area contributed by atoms with Crippen molar-refractivity contribution in [1.82, 2.24) is 10.9 Å². The highest BCUT2D eigenvalue weighted by Crippen LogP contribution is 2.25. The Bertz CT molecular complexity index is 907. The number of hydrazine groups is 1. The lowest BCUT2D eigenvalue weighted by atomic mass is 9.91. The summed E-state index contributed by atoms with van der Waals surface area (Å²) in [5.74, 6) is -1.47. The van der Waals surface area contributed by atoms with Crippen LogP contribution in [0.2, 0.25) is 10.0 Å². The lowest BCUT2D eigenvalue weighted by Crippen LogP contribution is -2.44. The normalized spacial score (nSPS) is 10.5. The summed E-state index contributed by atoms with van der Waals surface area (Å²) < 4.78 is 0. The van der Waals surface area contributed by atoms with Crippen LogP contribution >= 0.6 is 23.2 Å². The highest BCUT2D eigenvalue weighted by atomic mass is 35.5. The summed E-state index contributed by atoms with van der Waals surface area (Å²) in [6, 6.07) is 23.2. The van der Waals surface area contributed by atoms with Crippen LogP contribution in [-0.2, 0) is 4.79 Å². The van der Waals surface area contributed by atoms with E-state index in [2.05, 4.69) is 10.9 Å². The molecule has 3 aromatic rings. The molecule has 0 fully saturated rings. The van der Waals surface area contributed by atoms with Gasteiger partial charge in [-0.1, -0.05) is 83.9 Å². The van der Waals surface area contributed by atoms with Crippen molar-refractivity contribution in [2.75, 3.05) is 0 Å². The van der Waals surface area contributed by atoms with Crippen molar-refractivity contribution >= 4 is 35.0 Å². The molecule has 0 saturated heterocycles. The van der Waals surface area contributed by atoms with Crippen LogP contribution in [0.1, 0.15) is 27.4 Å². The van der Waals surface area contributed by atoms with E-state index in [-0.39, 0.29) is 16.5 Å². The molecule has 2 N–H and O–H groups in total. The highest BCUT2D eigenvalue weighted by Gasteiger charge is 2.23. The van der Waals surface area contributed by atoms with Crippen LogP contribution in [0.25, 0.3) is 0 Å². The van der Waals surface area contributed by atoms with Crippen molar-refractivity contribution in [1.29, 1.82) is 0 Å². The van der Waals surface area contributed by atoms with E-state index < -0.39 is 11.8 Å². The largest absolute Gasteiger partial charge is 0.272 e. The topological polar surface area (TPSA) is 58.2 Å². The first-order valence-corrected chi connectivity index (χ1v) is 8.97. The molecule has 0 aliphatic heterocycles. The zero-order chi connectivity index (χ0) is 19.2. The maximum absolute atomic E-state index is 12.8. The Hall–Kier alpha value is -2.82. The third-order valence-corrected chi connectivity index (χ3v) is 4.56. The Morgan fingerprint density at radius 2 is 1.30 bits per heavy atom. The fourth-order valence-electron chi connectivity index (χ4n) is 2.72. The Balaban J connectivity index is 1.79. The maximum atomic E-state index is 12.8. The molecular weight excluding hydrogens is 383 g/mol. The smallest absolute Gasteiger partial charge is 0.271 e. The van der Waals surface area contributed by atoms with Gasteiger partial charge in [0.1, 0.15) is 0 Å². The van der Waals surface area contributed by atoms with Gasteiger partial charge in [-0.05, 0) is 29.3 Å². The first-order chi connectivity index (χ1) is 13.1. The molecule has 4 nitrogen and oxygen atoms in total. The quantitative estimate of drug-likeness (QED) is 0.631. The molecule has 2 amide bonds. The first-order valence-electron chi connectivity index (χ1n) is 8.21. The van der Waals surface area contributed by atoms with Crippen molar-refractivity contribution in [2.24, 2.45) is 0 Å². The van der Waals surface area contributed by atoms with E-state index in [9.17, 15) is 9.59 Å². The molecule has 3 rings (SSSR count). The number of benzene rings is 3. The van der Waals surface area contributed by atoms with Crippen LogP contribution in [0.3, 0.4) is 0 Å². The summed E-state index contributed by atoms with van der Waals surface area (Å²) in [7, 11) is 0. The number of hydrogen-bond acceptors (Lipinski definition) is 2. The highest BCUT2D eigenvalue weighted by molar-refractivity contribution is 6.35. The summed E-state index contributed by atoms with van der Waals surface area (Å²) in [5, 5.41) is 0.621. The molecule has 0 radical (unpaired) electrons. The van der Waals surface area contributed by atoms with Gasteiger partial charge in [-0.25, -0.2) is 0 Å². The minimum Gasteiger partial charge on any atom is -0.272 e. The molecular formula is C21H16Cl2N2O2. The fourth-order valence-corrected chi connectivity index (χ4v) is 3.09. The molecule has 0 atom stereocenters. The van der Waals surface area contributed by atoms with Crippen LogP contribution in [-0.4, -0.2) is 11.8 Å². The van der Waals surface area contributed by atoms with Crippen molar-refractivity contribution in [2.45, 2.75) is 5.92 Å². The lowest BCUT2D eigenvalue weighted by molar-refractivity contribution is -0.122. The van der Waals surface area contributed by atoms with Crippen molar-refractivity contribution in [3.63, 3.8) is 0 Å². The number of rotatable bonds is 4. The van der Waals surface area contributed by atoms with Crippen molar-refractivity contribution in [3.05, 3.63) is 106 Å². The third-order valence-electron chi connectivity index (χ3n) is 4.00. The monoisotopic (exact) mass is 398 g/mol. The zero-order valence-electron chi connectivity index (χ0n) is 14.2. The van der Waals surface area contributed by atoms with Crippen LogP contribution in [0.4, 0.5) is 0 Å². The predicted molar refractivity (Wildman–Crippen MR) is 107 cm³/mol. The van der Waals surface area contributed by atoms with E-state index in [0.717, 1.165) is 11.1 Å². The van der Waals surface area contributed by atoms with Gasteiger partial charge in [-0.2, -0.15) is 0 Å². The molecule has 6 heteroatoms. The number of halogens is 2. The molecule has 27 heavy (non-hydrogen) atoms. The zero-order valence-corrected chi connectivity index (χ0v) is 15.7. The maximum Gasteiger partial charge on any atom is 0.271 e. The van der Waals surface area contributed by atoms with E-state index in [1.165, 1.54) is 12.1 Å². The van der Waals surface area contributed by atoms with Crippen LogP contribution < -0.4 is 10.9 Å². The molecule has 0 saturated carbocycles.